The first-order valence-corrected chi connectivity index (χ1v) is 8.13. The number of hydrogen-bond donors (Lipinski definition) is 9. The third-order valence-electron chi connectivity index (χ3n) is 2.29. The molecule has 0 rings (SSSR count). The first-order valence-electron chi connectivity index (χ1n) is 4.84. The first kappa shape index (κ1) is 19.8. The van der Waals surface area contributed by atoms with Gasteiger partial charge in [0.15, 0.2) is 5.85 Å². The molecule has 12 nitrogen and oxygen atoms in total. The average molecular weight is 339 g/mol. The number of carbonyl (C=O) groups excluding carboxylic acids is 1. The molecule has 0 fully saturated rings. The Balaban J connectivity index is 5.03. The van der Waals surface area contributed by atoms with Gasteiger partial charge in [0.2, 0.25) is 0 Å². The van der Waals surface area contributed by atoms with Crippen molar-refractivity contribution in [3.63, 3.8) is 0 Å². The van der Waals surface area contributed by atoms with Crippen LogP contribution in [-0.2, 0) is 13.9 Å². The molecule has 10 N–H and O–H groups in total. The van der Waals surface area contributed by atoms with E-state index in [4.69, 9.17) is 30.4 Å². The summed E-state index contributed by atoms with van der Waals surface area (Å²) in [7, 11) is -10.6. The predicted octanol–water partition coefficient (Wildman–Crippen LogP) is -4.40. The third-order valence-corrected chi connectivity index (χ3v) is 4.16. The van der Waals surface area contributed by atoms with Crippen molar-refractivity contribution in [2.45, 2.75) is 30.2 Å². The number of carbonyl (C=O) groups is 1. The SMILES string of the molecule is N[C@H](C(=O)P(=O)(O)O)[C@@H](O)[C@H](O)[C@H](O)C(O)P(=O)(O)O. The van der Waals surface area contributed by atoms with E-state index >= 15 is 0 Å². The van der Waals surface area contributed by atoms with Crippen LogP contribution in [0.25, 0.3) is 0 Å². The normalized spacial score (nSPS) is 20.9. The third kappa shape index (κ3) is 4.95. The van der Waals surface area contributed by atoms with Gasteiger partial charge in [-0.2, -0.15) is 0 Å². The van der Waals surface area contributed by atoms with Crippen LogP contribution >= 0.6 is 15.2 Å². The highest BCUT2D eigenvalue weighted by Crippen LogP contribution is 2.42. The standard InChI is InChI=1S/C6H15NO11P2/c7-1(5(11)19(13,14)15)2(8)3(9)4(10)6(12)20(16,17)18/h1-4,6,8-10,12H,7H2,(H2,13,14,15)(H2,16,17,18)/t1-,2+,3-,4-,6?/m0/s1. The molecule has 5 atom stereocenters. The molecule has 0 saturated heterocycles. The number of nitrogens with two attached hydrogens (primary N) is 1. The lowest BCUT2D eigenvalue weighted by atomic mass is 10.0. The van der Waals surface area contributed by atoms with E-state index in [2.05, 4.69) is 0 Å². The molecule has 0 radical (unpaired) electrons. The molecule has 0 aromatic rings. The second-order valence-electron chi connectivity index (χ2n) is 3.88. The van der Waals surface area contributed by atoms with Crippen LogP contribution in [0.1, 0.15) is 0 Å². The Hall–Kier alpha value is -0.230. The molecular weight excluding hydrogens is 324 g/mol. The minimum Gasteiger partial charge on any atom is -0.388 e. The molecule has 0 bridgehead atoms. The van der Waals surface area contributed by atoms with Crippen LogP contribution in [0.15, 0.2) is 0 Å². The second kappa shape index (κ2) is 6.69. The van der Waals surface area contributed by atoms with Crippen LogP contribution in [-0.4, -0.2) is 75.7 Å². The van der Waals surface area contributed by atoms with E-state index in [1.807, 2.05) is 0 Å². The molecule has 0 spiro atoms. The lowest BCUT2D eigenvalue weighted by Crippen LogP contribution is -2.54. The average Bonchev–Trinajstić information content (AvgIpc) is 2.30. The molecule has 20 heavy (non-hydrogen) atoms. The maximum atomic E-state index is 11.0. The summed E-state index contributed by atoms with van der Waals surface area (Å²) < 4.78 is 21.2. The lowest BCUT2D eigenvalue weighted by molar-refractivity contribution is -0.125. The highest BCUT2D eigenvalue weighted by Gasteiger charge is 2.45. The summed E-state index contributed by atoms with van der Waals surface area (Å²) >= 11 is 0. The number of aliphatic hydroxyl groups excluding tert-OH is 4. The van der Waals surface area contributed by atoms with Gasteiger partial charge in [-0.05, 0) is 0 Å². The molecule has 0 aromatic heterocycles. The van der Waals surface area contributed by atoms with Gasteiger partial charge in [-0.3, -0.25) is 13.9 Å². The van der Waals surface area contributed by atoms with Gasteiger partial charge in [-0.1, -0.05) is 0 Å². The van der Waals surface area contributed by atoms with Crippen molar-refractivity contribution in [1.29, 1.82) is 0 Å². The minimum atomic E-state index is -5.33. The van der Waals surface area contributed by atoms with Crippen LogP contribution in [0, 0.1) is 0 Å². The van der Waals surface area contributed by atoms with Crippen LogP contribution < -0.4 is 5.73 Å². The Labute approximate surface area is 111 Å². The van der Waals surface area contributed by atoms with Crippen molar-refractivity contribution in [2.75, 3.05) is 0 Å². The van der Waals surface area contributed by atoms with E-state index < -0.39 is 50.9 Å². The fraction of sp³-hybridized carbons (Fsp3) is 0.833. The minimum absolute atomic E-state index is 1.96. The number of hydrogen-bond acceptors (Lipinski definition) is 8. The van der Waals surface area contributed by atoms with Crippen molar-refractivity contribution in [2.24, 2.45) is 5.73 Å². The Morgan fingerprint density at radius 2 is 1.25 bits per heavy atom. The number of aliphatic hydroxyl groups is 4. The zero-order chi connectivity index (χ0) is 16.5. The van der Waals surface area contributed by atoms with Crippen molar-refractivity contribution >= 4 is 20.7 Å². The molecule has 0 aliphatic carbocycles. The van der Waals surface area contributed by atoms with Gasteiger partial charge < -0.3 is 45.7 Å². The predicted molar refractivity (Wildman–Crippen MR) is 61.1 cm³/mol. The van der Waals surface area contributed by atoms with Crippen molar-refractivity contribution in [1.82, 2.24) is 0 Å². The number of rotatable bonds is 7. The topological polar surface area (TPSA) is 239 Å². The van der Waals surface area contributed by atoms with Crippen molar-refractivity contribution < 1.29 is 53.9 Å². The van der Waals surface area contributed by atoms with Gasteiger partial charge in [0.1, 0.15) is 24.4 Å². The van der Waals surface area contributed by atoms with Crippen LogP contribution in [0.4, 0.5) is 0 Å². The van der Waals surface area contributed by atoms with E-state index in [1.54, 1.807) is 0 Å². The molecule has 0 aliphatic heterocycles. The molecule has 0 amide bonds. The molecule has 0 aromatic carbocycles. The summed E-state index contributed by atoms with van der Waals surface area (Å²) in [4.78, 5) is 45.2. The van der Waals surface area contributed by atoms with Gasteiger partial charge in [-0.25, -0.2) is 0 Å². The zero-order valence-electron chi connectivity index (χ0n) is 9.66. The summed E-state index contributed by atoms with van der Waals surface area (Å²) in [6.07, 6.45) is -7.63. The van der Waals surface area contributed by atoms with Crippen molar-refractivity contribution in [3.8, 4) is 0 Å². The van der Waals surface area contributed by atoms with Gasteiger partial charge in [0.25, 0.3) is 5.52 Å². The molecular formula is C6H15NO11P2. The van der Waals surface area contributed by atoms with E-state index in [0.717, 1.165) is 0 Å². The monoisotopic (exact) mass is 339 g/mol. The lowest BCUT2D eigenvalue weighted by Gasteiger charge is -2.29. The molecule has 14 heteroatoms. The molecule has 0 heterocycles. The highest BCUT2D eigenvalue weighted by molar-refractivity contribution is 7.70. The Morgan fingerprint density at radius 1 is 0.850 bits per heavy atom. The summed E-state index contributed by atoms with van der Waals surface area (Å²) in [6.45, 7) is 0. The molecule has 0 aliphatic rings. The molecule has 120 valence electrons. The summed E-state index contributed by atoms with van der Waals surface area (Å²) in [5.74, 6) is -2.79. The van der Waals surface area contributed by atoms with E-state index in [0.29, 0.717) is 0 Å². The van der Waals surface area contributed by atoms with Crippen LogP contribution in [0.5, 0.6) is 0 Å². The van der Waals surface area contributed by atoms with E-state index in [-0.39, 0.29) is 0 Å². The van der Waals surface area contributed by atoms with E-state index in [9.17, 15) is 29.2 Å². The van der Waals surface area contributed by atoms with Gasteiger partial charge >= 0.3 is 15.2 Å². The summed E-state index contributed by atoms with van der Waals surface area (Å²) in [6, 6.07) is -2.34. The first-order chi connectivity index (χ1) is 8.71. The van der Waals surface area contributed by atoms with Crippen LogP contribution in [0.2, 0.25) is 0 Å². The largest absolute Gasteiger partial charge is 0.393 e. The molecule has 0 saturated carbocycles. The fourth-order valence-electron chi connectivity index (χ4n) is 1.13. The van der Waals surface area contributed by atoms with Crippen LogP contribution in [0.3, 0.4) is 0 Å². The second-order valence-corrected chi connectivity index (χ2v) is 7.12. The Morgan fingerprint density at radius 3 is 1.55 bits per heavy atom. The van der Waals surface area contributed by atoms with Crippen molar-refractivity contribution in [3.05, 3.63) is 0 Å². The quantitative estimate of drug-likeness (QED) is 0.200. The zero-order valence-corrected chi connectivity index (χ0v) is 11.4. The Kier molecular flexibility index (Phi) is 6.61. The summed E-state index contributed by atoms with van der Waals surface area (Å²) in [5, 5.41) is 36.9. The Bertz CT molecular complexity index is 442. The van der Waals surface area contributed by atoms with Gasteiger partial charge in [-0.15, -0.1) is 0 Å². The summed E-state index contributed by atoms with van der Waals surface area (Å²) in [5.41, 5.74) is 3.00. The van der Waals surface area contributed by atoms with Gasteiger partial charge in [0, 0.05) is 0 Å². The maximum Gasteiger partial charge on any atom is 0.393 e. The van der Waals surface area contributed by atoms with Gasteiger partial charge in [0.05, 0.1) is 0 Å². The smallest absolute Gasteiger partial charge is 0.388 e. The maximum absolute atomic E-state index is 11.0. The molecule has 1 unspecified atom stereocenters. The van der Waals surface area contributed by atoms with E-state index in [1.165, 1.54) is 0 Å². The highest BCUT2D eigenvalue weighted by atomic mass is 31.2. The fourth-order valence-corrected chi connectivity index (χ4v) is 2.25.